The summed E-state index contributed by atoms with van der Waals surface area (Å²) >= 11 is 0. The molecule has 0 radical (unpaired) electrons. The van der Waals surface area contributed by atoms with Gasteiger partial charge in [-0.15, -0.1) is 0 Å². The number of guanidine groups is 1. The summed E-state index contributed by atoms with van der Waals surface area (Å²) in [6, 6.07) is 9.07. The third-order valence-corrected chi connectivity index (χ3v) is 5.55. The molecule has 1 heterocycles. The van der Waals surface area contributed by atoms with E-state index in [1.807, 2.05) is 6.92 Å². The number of aromatic nitrogens is 1. The number of hydrogen-bond acceptors (Lipinski definition) is 3. The van der Waals surface area contributed by atoms with Crippen molar-refractivity contribution in [3.63, 3.8) is 0 Å². The predicted molar refractivity (Wildman–Crippen MR) is 110 cm³/mol. The lowest BCUT2D eigenvalue weighted by Gasteiger charge is -2.41. The smallest absolute Gasteiger partial charge is 0.387 e. The van der Waals surface area contributed by atoms with Crippen LogP contribution in [0.3, 0.4) is 0 Å². The molecule has 0 bridgehead atoms. The molecular weight excluding hydrogens is 393 g/mol. The van der Waals surface area contributed by atoms with Gasteiger partial charge < -0.3 is 15.7 Å². The fourth-order valence-corrected chi connectivity index (χ4v) is 3.64. The SMILES string of the molecule is CCNC(=NCC1(c2cccc(C(F)(F)F)c2)CCC1)NCC(O)c1ccncc1. The average Bonchev–Trinajstić information content (AvgIpc) is 2.71. The fraction of sp³-hybridized carbons (Fsp3) is 0.455. The van der Waals surface area contributed by atoms with Gasteiger partial charge in [0.2, 0.25) is 0 Å². The molecule has 1 aliphatic rings. The van der Waals surface area contributed by atoms with Crippen molar-refractivity contribution in [3.05, 3.63) is 65.5 Å². The molecule has 0 amide bonds. The van der Waals surface area contributed by atoms with Crippen LogP contribution in [0.15, 0.2) is 53.8 Å². The molecule has 1 aromatic heterocycles. The van der Waals surface area contributed by atoms with Gasteiger partial charge in [0, 0.05) is 30.9 Å². The molecular formula is C22H27F3N4O. The van der Waals surface area contributed by atoms with Crippen molar-refractivity contribution in [2.45, 2.75) is 43.9 Å². The van der Waals surface area contributed by atoms with Gasteiger partial charge in [0.15, 0.2) is 5.96 Å². The van der Waals surface area contributed by atoms with E-state index in [0.717, 1.165) is 30.9 Å². The number of nitrogens with zero attached hydrogens (tertiary/aromatic N) is 2. The van der Waals surface area contributed by atoms with Crippen LogP contribution < -0.4 is 10.6 Å². The largest absolute Gasteiger partial charge is 0.416 e. The highest BCUT2D eigenvalue weighted by Crippen LogP contribution is 2.45. The Morgan fingerprint density at radius 2 is 1.93 bits per heavy atom. The van der Waals surface area contributed by atoms with Crippen LogP contribution >= 0.6 is 0 Å². The molecule has 1 saturated carbocycles. The zero-order valence-electron chi connectivity index (χ0n) is 16.9. The molecule has 0 aliphatic heterocycles. The summed E-state index contributed by atoms with van der Waals surface area (Å²) in [6.45, 7) is 3.21. The van der Waals surface area contributed by atoms with Crippen LogP contribution in [-0.2, 0) is 11.6 Å². The van der Waals surface area contributed by atoms with Gasteiger partial charge in [-0.1, -0.05) is 24.6 Å². The number of rotatable bonds is 7. The van der Waals surface area contributed by atoms with E-state index in [2.05, 4.69) is 20.6 Å². The molecule has 1 atom stereocenters. The van der Waals surface area contributed by atoms with Gasteiger partial charge in [-0.3, -0.25) is 9.98 Å². The van der Waals surface area contributed by atoms with Crippen molar-refractivity contribution in [1.82, 2.24) is 15.6 Å². The topological polar surface area (TPSA) is 69.5 Å². The Morgan fingerprint density at radius 3 is 2.53 bits per heavy atom. The summed E-state index contributed by atoms with van der Waals surface area (Å²) in [6.07, 6.45) is 0.729. The molecule has 5 nitrogen and oxygen atoms in total. The van der Waals surface area contributed by atoms with Gasteiger partial charge in [0.1, 0.15) is 0 Å². The van der Waals surface area contributed by atoms with E-state index < -0.39 is 17.8 Å². The Kier molecular flexibility index (Phi) is 6.97. The maximum Gasteiger partial charge on any atom is 0.416 e. The van der Waals surface area contributed by atoms with E-state index in [0.29, 0.717) is 24.6 Å². The second-order valence-electron chi connectivity index (χ2n) is 7.58. The lowest BCUT2D eigenvalue weighted by Crippen LogP contribution is -2.42. The van der Waals surface area contributed by atoms with E-state index in [9.17, 15) is 18.3 Å². The number of aliphatic imine (C=N–C) groups is 1. The molecule has 1 fully saturated rings. The zero-order chi connectivity index (χ0) is 21.6. The highest BCUT2D eigenvalue weighted by atomic mass is 19.4. The number of aliphatic hydroxyl groups excluding tert-OH is 1. The monoisotopic (exact) mass is 420 g/mol. The third kappa shape index (κ3) is 5.30. The average molecular weight is 420 g/mol. The third-order valence-electron chi connectivity index (χ3n) is 5.55. The standard InChI is InChI=1S/C22H27F3N4O/c1-2-27-20(28-14-19(30)16-7-11-26-12-8-16)29-15-21(9-4-10-21)17-5-3-6-18(13-17)22(23,24)25/h3,5-8,11-13,19,30H,2,4,9-10,14-15H2,1H3,(H2,27,28,29). The summed E-state index contributed by atoms with van der Waals surface area (Å²) in [4.78, 5) is 8.57. The van der Waals surface area contributed by atoms with E-state index in [-0.39, 0.29) is 12.0 Å². The minimum absolute atomic E-state index is 0.256. The number of hydrogen-bond donors (Lipinski definition) is 3. The first-order valence-electron chi connectivity index (χ1n) is 10.1. The molecule has 30 heavy (non-hydrogen) atoms. The predicted octanol–water partition coefficient (Wildman–Crippen LogP) is 3.81. The van der Waals surface area contributed by atoms with Crippen molar-refractivity contribution in [1.29, 1.82) is 0 Å². The number of pyridine rings is 1. The second kappa shape index (κ2) is 9.47. The molecule has 162 valence electrons. The van der Waals surface area contributed by atoms with Crippen LogP contribution in [0.25, 0.3) is 0 Å². The Bertz CT molecular complexity index is 851. The minimum Gasteiger partial charge on any atom is -0.387 e. The molecule has 1 aliphatic carbocycles. The molecule has 3 N–H and O–H groups in total. The van der Waals surface area contributed by atoms with Crippen molar-refractivity contribution in [2.75, 3.05) is 19.6 Å². The number of benzene rings is 1. The van der Waals surface area contributed by atoms with E-state index >= 15 is 0 Å². The van der Waals surface area contributed by atoms with Crippen LogP contribution in [0, 0.1) is 0 Å². The van der Waals surface area contributed by atoms with Gasteiger partial charge in [-0.05, 0) is 49.1 Å². The van der Waals surface area contributed by atoms with Gasteiger partial charge >= 0.3 is 6.18 Å². The molecule has 1 unspecified atom stereocenters. The second-order valence-corrected chi connectivity index (χ2v) is 7.58. The molecule has 0 saturated heterocycles. The minimum atomic E-state index is -4.36. The zero-order valence-corrected chi connectivity index (χ0v) is 16.9. The van der Waals surface area contributed by atoms with Gasteiger partial charge in [0.25, 0.3) is 0 Å². The quantitative estimate of drug-likeness (QED) is 0.471. The highest BCUT2D eigenvalue weighted by Gasteiger charge is 2.40. The Morgan fingerprint density at radius 1 is 1.20 bits per heavy atom. The first kappa shape index (κ1) is 22.1. The lowest BCUT2D eigenvalue weighted by atomic mass is 9.64. The number of aliphatic hydroxyl groups is 1. The van der Waals surface area contributed by atoms with Crippen molar-refractivity contribution < 1.29 is 18.3 Å². The maximum atomic E-state index is 13.1. The van der Waals surface area contributed by atoms with Crippen LogP contribution in [0.5, 0.6) is 0 Å². The van der Waals surface area contributed by atoms with Crippen LogP contribution in [-0.4, -0.2) is 35.7 Å². The molecule has 1 aromatic carbocycles. The molecule has 0 spiro atoms. The highest BCUT2D eigenvalue weighted by molar-refractivity contribution is 5.79. The maximum absolute atomic E-state index is 13.1. The number of alkyl halides is 3. The normalized spacial score (nSPS) is 17.2. The Balaban J connectivity index is 1.71. The summed E-state index contributed by atoms with van der Waals surface area (Å²) < 4.78 is 39.4. The van der Waals surface area contributed by atoms with Crippen LogP contribution in [0.4, 0.5) is 13.2 Å². The first-order valence-corrected chi connectivity index (χ1v) is 10.1. The van der Waals surface area contributed by atoms with E-state index in [1.165, 1.54) is 12.1 Å². The number of halogens is 3. The summed E-state index contributed by atoms with van der Waals surface area (Å²) in [5.74, 6) is 0.531. The molecule has 3 rings (SSSR count). The Labute approximate surface area is 174 Å². The van der Waals surface area contributed by atoms with E-state index in [4.69, 9.17) is 0 Å². The van der Waals surface area contributed by atoms with Crippen LogP contribution in [0.2, 0.25) is 0 Å². The fourth-order valence-electron chi connectivity index (χ4n) is 3.64. The van der Waals surface area contributed by atoms with Gasteiger partial charge in [0.05, 0.1) is 18.2 Å². The van der Waals surface area contributed by atoms with Crippen molar-refractivity contribution in [2.24, 2.45) is 4.99 Å². The van der Waals surface area contributed by atoms with Gasteiger partial charge in [-0.25, -0.2) is 0 Å². The summed E-state index contributed by atoms with van der Waals surface area (Å²) in [5, 5.41) is 16.6. The first-order chi connectivity index (χ1) is 14.3. The van der Waals surface area contributed by atoms with Crippen molar-refractivity contribution in [3.8, 4) is 0 Å². The Hall–Kier alpha value is -2.61. The molecule has 2 aromatic rings. The summed E-state index contributed by atoms with van der Waals surface area (Å²) in [7, 11) is 0. The summed E-state index contributed by atoms with van der Waals surface area (Å²) in [5.41, 5.74) is 0.418. The lowest BCUT2D eigenvalue weighted by molar-refractivity contribution is -0.137. The molecule has 8 heteroatoms. The van der Waals surface area contributed by atoms with Crippen LogP contribution in [0.1, 0.15) is 49.0 Å². The van der Waals surface area contributed by atoms with E-state index in [1.54, 1.807) is 30.6 Å². The van der Waals surface area contributed by atoms with Gasteiger partial charge in [-0.2, -0.15) is 13.2 Å². The number of nitrogens with one attached hydrogen (secondary N) is 2. The van der Waals surface area contributed by atoms with Crippen molar-refractivity contribution >= 4 is 5.96 Å².